The number of ketones is 1. The predicted octanol–water partition coefficient (Wildman–Crippen LogP) is 2.70. The van der Waals surface area contributed by atoms with Crippen LogP contribution in [0.1, 0.15) is 34.1 Å². The Morgan fingerprint density at radius 3 is 2.70 bits per heavy atom. The lowest BCUT2D eigenvalue weighted by Crippen LogP contribution is -2.23. The third-order valence-corrected chi connectivity index (χ3v) is 4.92. The van der Waals surface area contributed by atoms with E-state index in [1.807, 2.05) is 35.1 Å². The molecule has 0 spiro atoms. The number of aliphatic hydroxyl groups is 1. The summed E-state index contributed by atoms with van der Waals surface area (Å²) in [4.78, 5) is 12.7. The van der Waals surface area contributed by atoms with Crippen LogP contribution in [0.3, 0.4) is 0 Å². The van der Waals surface area contributed by atoms with Gasteiger partial charge in [0.05, 0.1) is 24.4 Å². The van der Waals surface area contributed by atoms with E-state index < -0.39 is 0 Å². The molecule has 0 fully saturated rings. The van der Waals surface area contributed by atoms with Crippen LogP contribution in [-0.4, -0.2) is 43.5 Å². The molecule has 4 rings (SSSR count). The smallest absolute Gasteiger partial charge is 0.188 e. The number of aromatic nitrogens is 4. The number of hydrogen-bond donors (Lipinski definition) is 3. The summed E-state index contributed by atoms with van der Waals surface area (Å²) in [7, 11) is 0. The number of aliphatic hydroxyl groups excluding tert-OH is 1. The number of hydrogen-bond acceptors (Lipinski definition) is 5. The van der Waals surface area contributed by atoms with Gasteiger partial charge in [-0.25, -0.2) is 0 Å². The van der Waals surface area contributed by atoms with Gasteiger partial charge in [-0.2, -0.15) is 10.2 Å². The second kappa shape index (κ2) is 9.02. The quantitative estimate of drug-likeness (QED) is 0.374. The molecule has 3 N–H and O–H groups in total. The summed E-state index contributed by atoms with van der Waals surface area (Å²) in [5, 5.41) is 24.8. The van der Waals surface area contributed by atoms with Crippen molar-refractivity contribution in [2.75, 3.05) is 6.54 Å². The maximum absolute atomic E-state index is 12.7. The predicted molar refractivity (Wildman–Crippen MR) is 115 cm³/mol. The second-order valence-corrected chi connectivity index (χ2v) is 7.56. The number of aromatic amines is 1. The van der Waals surface area contributed by atoms with Gasteiger partial charge < -0.3 is 10.4 Å². The van der Waals surface area contributed by atoms with E-state index in [0.29, 0.717) is 18.8 Å². The summed E-state index contributed by atoms with van der Waals surface area (Å²) < 4.78 is 1.84. The van der Waals surface area contributed by atoms with Crippen molar-refractivity contribution in [1.29, 1.82) is 0 Å². The van der Waals surface area contributed by atoms with Crippen molar-refractivity contribution in [3.05, 3.63) is 83.3 Å². The number of nitrogens with zero attached hydrogens (tertiary/aromatic N) is 3. The number of fused-ring (bicyclic) bond motifs is 1. The number of Topliss-reactive ketones (excluding diaryl/α,β-unsaturated/α-hetero) is 1. The van der Waals surface area contributed by atoms with Crippen molar-refractivity contribution in [3.63, 3.8) is 0 Å². The minimum absolute atomic E-state index is 0.0268. The highest BCUT2D eigenvalue weighted by atomic mass is 16.3. The summed E-state index contributed by atoms with van der Waals surface area (Å²) in [6, 6.07) is 15.9. The number of carbonyl (C=O) groups excluding carboxylic acids is 1. The van der Waals surface area contributed by atoms with E-state index in [1.165, 1.54) is 0 Å². The molecule has 0 aliphatic heterocycles. The average Bonchev–Trinajstić information content (AvgIpc) is 3.36. The van der Waals surface area contributed by atoms with E-state index in [2.05, 4.69) is 44.9 Å². The van der Waals surface area contributed by atoms with Crippen LogP contribution in [0.2, 0.25) is 0 Å². The highest BCUT2D eigenvalue weighted by Gasteiger charge is 2.15. The summed E-state index contributed by atoms with van der Waals surface area (Å²) in [5.41, 5.74) is 4.50. The first-order valence-electron chi connectivity index (χ1n) is 10.0. The Bertz CT molecular complexity index is 1130. The van der Waals surface area contributed by atoms with Gasteiger partial charge in [-0.1, -0.05) is 42.5 Å². The van der Waals surface area contributed by atoms with Gasteiger partial charge in [0.1, 0.15) is 5.69 Å². The molecule has 30 heavy (non-hydrogen) atoms. The molecule has 0 amide bonds. The van der Waals surface area contributed by atoms with Crippen molar-refractivity contribution < 1.29 is 9.90 Å². The first-order chi connectivity index (χ1) is 14.6. The molecule has 0 radical (unpaired) electrons. The van der Waals surface area contributed by atoms with E-state index in [1.54, 1.807) is 13.1 Å². The Morgan fingerprint density at radius 1 is 1.13 bits per heavy atom. The van der Waals surface area contributed by atoms with Gasteiger partial charge in [-0.3, -0.25) is 14.6 Å². The number of benzene rings is 2. The Labute approximate surface area is 174 Å². The minimum Gasteiger partial charge on any atom is -0.392 e. The number of carbonyl (C=O) groups is 1. The van der Waals surface area contributed by atoms with Crippen LogP contribution >= 0.6 is 0 Å². The maximum atomic E-state index is 12.7. The van der Waals surface area contributed by atoms with Gasteiger partial charge in [-0.15, -0.1) is 0 Å². The molecule has 1 atom stereocenters. The molecule has 2 heterocycles. The first kappa shape index (κ1) is 20.0. The monoisotopic (exact) mass is 403 g/mol. The van der Waals surface area contributed by atoms with Gasteiger partial charge in [0.2, 0.25) is 0 Å². The molecular formula is C23H25N5O2. The molecule has 0 saturated carbocycles. The third-order valence-electron chi connectivity index (χ3n) is 4.92. The summed E-state index contributed by atoms with van der Waals surface area (Å²) in [6.45, 7) is 3.70. The molecule has 2 aromatic heterocycles. The number of para-hydroxylation sites is 1. The zero-order valence-corrected chi connectivity index (χ0v) is 16.9. The van der Waals surface area contributed by atoms with Crippen molar-refractivity contribution in [2.45, 2.75) is 32.5 Å². The molecule has 2 aromatic carbocycles. The Hall–Kier alpha value is -3.29. The lowest BCUT2D eigenvalue weighted by atomic mass is 10.1. The molecule has 0 saturated heterocycles. The van der Waals surface area contributed by atoms with Gasteiger partial charge in [-0.05, 0) is 29.7 Å². The molecular weight excluding hydrogens is 378 g/mol. The summed E-state index contributed by atoms with van der Waals surface area (Å²) in [6.07, 6.45) is 3.56. The molecule has 1 unspecified atom stereocenters. The molecule has 154 valence electrons. The summed E-state index contributed by atoms with van der Waals surface area (Å²) >= 11 is 0. The van der Waals surface area contributed by atoms with Gasteiger partial charge >= 0.3 is 0 Å². The zero-order chi connectivity index (χ0) is 20.9. The number of H-pyrrole nitrogens is 1. The SMILES string of the molecule is CC(O)CNCc1ccc(Cn2cc(CC(=O)c3n[nH]c4ccccc34)cn2)cc1. The average molecular weight is 403 g/mol. The first-order valence-corrected chi connectivity index (χ1v) is 10.0. The molecule has 0 aliphatic carbocycles. The maximum Gasteiger partial charge on any atom is 0.188 e. The highest BCUT2D eigenvalue weighted by Crippen LogP contribution is 2.17. The van der Waals surface area contributed by atoms with Crippen LogP contribution in [0.4, 0.5) is 0 Å². The fourth-order valence-corrected chi connectivity index (χ4v) is 3.40. The lowest BCUT2D eigenvalue weighted by Gasteiger charge is -2.08. The van der Waals surface area contributed by atoms with E-state index in [4.69, 9.17) is 0 Å². The van der Waals surface area contributed by atoms with E-state index in [9.17, 15) is 9.90 Å². The topological polar surface area (TPSA) is 95.8 Å². The molecule has 0 aliphatic rings. The lowest BCUT2D eigenvalue weighted by molar-refractivity contribution is 0.0989. The molecule has 0 bridgehead atoms. The van der Waals surface area contributed by atoms with Gasteiger partial charge in [0.15, 0.2) is 5.78 Å². The van der Waals surface area contributed by atoms with Crippen LogP contribution in [0, 0.1) is 0 Å². The molecule has 4 aromatic rings. The third kappa shape index (κ3) is 4.82. The highest BCUT2D eigenvalue weighted by molar-refractivity contribution is 6.06. The fraction of sp³-hybridized carbons (Fsp3) is 0.261. The van der Waals surface area contributed by atoms with Crippen LogP contribution in [0.25, 0.3) is 10.9 Å². The van der Waals surface area contributed by atoms with E-state index in [0.717, 1.165) is 34.1 Å². The van der Waals surface area contributed by atoms with Crippen molar-refractivity contribution in [1.82, 2.24) is 25.3 Å². The van der Waals surface area contributed by atoms with Crippen LogP contribution in [-0.2, 0) is 19.5 Å². The Morgan fingerprint density at radius 2 is 1.90 bits per heavy atom. The largest absolute Gasteiger partial charge is 0.392 e. The van der Waals surface area contributed by atoms with Gasteiger partial charge in [0.25, 0.3) is 0 Å². The molecule has 7 nitrogen and oxygen atoms in total. The normalized spacial score (nSPS) is 12.3. The van der Waals surface area contributed by atoms with Crippen LogP contribution in [0.15, 0.2) is 60.9 Å². The minimum atomic E-state index is -0.350. The zero-order valence-electron chi connectivity index (χ0n) is 16.9. The Balaban J connectivity index is 1.35. The van der Waals surface area contributed by atoms with E-state index in [-0.39, 0.29) is 18.3 Å². The van der Waals surface area contributed by atoms with Crippen molar-refractivity contribution in [3.8, 4) is 0 Å². The van der Waals surface area contributed by atoms with Crippen LogP contribution in [0.5, 0.6) is 0 Å². The standard InChI is InChI=1S/C23H25N5O2/c1-16(29)11-24-12-17-6-8-18(9-7-17)14-28-15-19(13-25-28)10-22(30)23-20-4-2-3-5-21(20)26-27-23/h2-9,13,15-16,24,29H,10-12,14H2,1H3,(H,26,27). The second-order valence-electron chi connectivity index (χ2n) is 7.56. The summed E-state index contributed by atoms with van der Waals surface area (Å²) in [5.74, 6) is -0.0268. The van der Waals surface area contributed by atoms with Crippen molar-refractivity contribution in [2.24, 2.45) is 0 Å². The molecule has 7 heteroatoms. The fourth-order valence-electron chi connectivity index (χ4n) is 3.40. The Kier molecular flexibility index (Phi) is 6.02. The van der Waals surface area contributed by atoms with Gasteiger partial charge in [0, 0.05) is 31.1 Å². The number of nitrogens with one attached hydrogen (secondary N) is 2. The van der Waals surface area contributed by atoms with Crippen LogP contribution < -0.4 is 5.32 Å². The number of rotatable bonds is 9. The van der Waals surface area contributed by atoms with Crippen molar-refractivity contribution >= 4 is 16.7 Å². The van der Waals surface area contributed by atoms with E-state index >= 15 is 0 Å².